The third kappa shape index (κ3) is 4.30. The summed E-state index contributed by atoms with van der Waals surface area (Å²) in [5.74, 6) is 0.456. The Hall–Kier alpha value is -0.570. The SMILES string of the molecule is CSCC(C)(O)CNS(=O)(=O)c1cn(C)cn1. The van der Waals surface area contributed by atoms with Gasteiger partial charge in [0.2, 0.25) is 0 Å². The van der Waals surface area contributed by atoms with Crippen molar-refractivity contribution in [3.8, 4) is 0 Å². The maximum absolute atomic E-state index is 11.8. The number of aryl methyl sites for hydroxylation is 1. The monoisotopic (exact) mass is 279 g/mol. The van der Waals surface area contributed by atoms with Gasteiger partial charge in [0.1, 0.15) is 0 Å². The quantitative estimate of drug-likeness (QED) is 0.754. The average molecular weight is 279 g/mol. The van der Waals surface area contributed by atoms with Gasteiger partial charge in [0.25, 0.3) is 10.0 Å². The fourth-order valence-electron chi connectivity index (χ4n) is 1.21. The van der Waals surface area contributed by atoms with Crippen LogP contribution in [0.4, 0.5) is 0 Å². The normalized spacial score (nSPS) is 15.8. The Morgan fingerprint density at radius 1 is 1.65 bits per heavy atom. The van der Waals surface area contributed by atoms with Crippen molar-refractivity contribution in [2.24, 2.45) is 7.05 Å². The first-order chi connectivity index (χ1) is 7.77. The Balaban J connectivity index is 2.69. The van der Waals surface area contributed by atoms with Crippen molar-refractivity contribution in [1.29, 1.82) is 0 Å². The van der Waals surface area contributed by atoms with E-state index in [9.17, 15) is 13.5 Å². The molecule has 6 nitrogen and oxygen atoms in total. The summed E-state index contributed by atoms with van der Waals surface area (Å²) in [5.41, 5.74) is -1.07. The molecule has 98 valence electrons. The summed E-state index contributed by atoms with van der Waals surface area (Å²) in [6.07, 6.45) is 4.67. The average Bonchev–Trinajstić information content (AvgIpc) is 2.63. The molecule has 1 aromatic heterocycles. The summed E-state index contributed by atoms with van der Waals surface area (Å²) in [6.45, 7) is 1.55. The van der Waals surface area contributed by atoms with Gasteiger partial charge in [-0.05, 0) is 13.2 Å². The molecule has 0 aliphatic carbocycles. The molecule has 0 aromatic carbocycles. The molecule has 8 heteroatoms. The van der Waals surface area contributed by atoms with Crippen LogP contribution in [-0.4, -0.2) is 47.2 Å². The van der Waals surface area contributed by atoms with E-state index in [1.54, 1.807) is 18.5 Å². The molecule has 0 fully saturated rings. The molecule has 0 aliphatic heterocycles. The van der Waals surface area contributed by atoms with Crippen LogP contribution in [0.2, 0.25) is 0 Å². The molecule has 1 rings (SSSR count). The Morgan fingerprint density at radius 3 is 2.76 bits per heavy atom. The largest absolute Gasteiger partial charge is 0.388 e. The van der Waals surface area contributed by atoms with Gasteiger partial charge in [-0.2, -0.15) is 11.8 Å². The minimum Gasteiger partial charge on any atom is -0.388 e. The zero-order valence-corrected chi connectivity index (χ0v) is 11.7. The van der Waals surface area contributed by atoms with Gasteiger partial charge < -0.3 is 9.67 Å². The first-order valence-corrected chi connectivity index (χ1v) is 7.83. The van der Waals surface area contributed by atoms with Crippen LogP contribution >= 0.6 is 11.8 Å². The number of thioether (sulfide) groups is 1. The molecule has 1 unspecified atom stereocenters. The summed E-state index contributed by atoms with van der Waals surface area (Å²) in [6, 6.07) is 0. The molecular weight excluding hydrogens is 262 g/mol. The molecule has 0 bridgehead atoms. The predicted molar refractivity (Wildman–Crippen MR) is 67.4 cm³/mol. The molecule has 1 heterocycles. The highest BCUT2D eigenvalue weighted by Gasteiger charge is 2.24. The van der Waals surface area contributed by atoms with E-state index in [4.69, 9.17) is 0 Å². The minimum atomic E-state index is -3.64. The molecular formula is C9H17N3O3S2. The van der Waals surface area contributed by atoms with Gasteiger partial charge in [0, 0.05) is 25.5 Å². The fourth-order valence-corrected chi connectivity index (χ4v) is 3.08. The molecule has 0 amide bonds. The van der Waals surface area contributed by atoms with Gasteiger partial charge in [-0.1, -0.05) is 0 Å². The van der Waals surface area contributed by atoms with Crippen LogP contribution in [0.5, 0.6) is 0 Å². The minimum absolute atomic E-state index is 0.0350. The second-order valence-corrected chi connectivity index (χ2v) is 6.71. The Morgan fingerprint density at radius 2 is 2.29 bits per heavy atom. The smallest absolute Gasteiger partial charge is 0.259 e. The number of nitrogens with zero attached hydrogens (tertiary/aromatic N) is 2. The second-order valence-electron chi connectivity index (χ2n) is 4.13. The number of hydrogen-bond acceptors (Lipinski definition) is 5. The van der Waals surface area contributed by atoms with Gasteiger partial charge in [0.05, 0.1) is 11.9 Å². The molecule has 1 aromatic rings. The lowest BCUT2D eigenvalue weighted by Gasteiger charge is -2.21. The van der Waals surface area contributed by atoms with Crippen molar-refractivity contribution in [3.05, 3.63) is 12.5 Å². The van der Waals surface area contributed by atoms with Crippen LogP contribution in [0, 0.1) is 0 Å². The molecule has 17 heavy (non-hydrogen) atoms. The molecule has 0 saturated heterocycles. The number of nitrogens with one attached hydrogen (secondary N) is 1. The summed E-state index contributed by atoms with van der Waals surface area (Å²) in [7, 11) is -1.95. The van der Waals surface area contributed by atoms with Gasteiger partial charge in [0.15, 0.2) is 5.03 Å². The van der Waals surface area contributed by atoms with E-state index in [0.29, 0.717) is 5.75 Å². The zero-order chi connectivity index (χ0) is 13.1. The highest BCUT2D eigenvalue weighted by Crippen LogP contribution is 2.11. The lowest BCUT2D eigenvalue weighted by molar-refractivity contribution is 0.0908. The predicted octanol–water partition coefficient (Wildman–Crippen LogP) is -0.188. The third-order valence-corrected chi connectivity index (χ3v) is 4.25. The van der Waals surface area contributed by atoms with Gasteiger partial charge >= 0.3 is 0 Å². The van der Waals surface area contributed by atoms with Crippen LogP contribution in [0.3, 0.4) is 0 Å². The fraction of sp³-hybridized carbons (Fsp3) is 0.667. The van der Waals surface area contributed by atoms with E-state index in [1.165, 1.54) is 24.3 Å². The van der Waals surface area contributed by atoms with E-state index in [1.807, 2.05) is 6.26 Å². The molecule has 0 radical (unpaired) electrons. The number of hydrogen-bond donors (Lipinski definition) is 2. The maximum Gasteiger partial charge on any atom is 0.259 e. The van der Waals surface area contributed by atoms with Gasteiger partial charge in [-0.3, -0.25) is 0 Å². The van der Waals surface area contributed by atoms with Crippen molar-refractivity contribution in [1.82, 2.24) is 14.3 Å². The third-order valence-electron chi connectivity index (χ3n) is 2.05. The lowest BCUT2D eigenvalue weighted by atomic mass is 10.1. The number of aromatic nitrogens is 2. The van der Waals surface area contributed by atoms with Crippen LogP contribution in [0.25, 0.3) is 0 Å². The van der Waals surface area contributed by atoms with E-state index in [0.717, 1.165) is 0 Å². The van der Waals surface area contributed by atoms with Crippen LogP contribution in [0.1, 0.15) is 6.92 Å². The number of rotatable bonds is 6. The van der Waals surface area contributed by atoms with E-state index < -0.39 is 15.6 Å². The van der Waals surface area contributed by atoms with Crippen molar-refractivity contribution in [2.75, 3.05) is 18.6 Å². The topological polar surface area (TPSA) is 84.2 Å². The van der Waals surface area contributed by atoms with Gasteiger partial charge in [-0.15, -0.1) is 0 Å². The van der Waals surface area contributed by atoms with Crippen molar-refractivity contribution >= 4 is 21.8 Å². The van der Waals surface area contributed by atoms with Crippen molar-refractivity contribution in [2.45, 2.75) is 17.6 Å². The number of sulfonamides is 1. The summed E-state index contributed by atoms with van der Waals surface area (Å²) >= 11 is 1.45. The highest BCUT2D eigenvalue weighted by atomic mass is 32.2. The lowest BCUT2D eigenvalue weighted by Crippen LogP contribution is -2.42. The summed E-state index contributed by atoms with van der Waals surface area (Å²) in [5, 5.41) is 9.81. The Kier molecular flexibility index (Phi) is 4.59. The maximum atomic E-state index is 11.8. The number of imidazole rings is 1. The van der Waals surface area contributed by atoms with Crippen molar-refractivity contribution < 1.29 is 13.5 Å². The van der Waals surface area contributed by atoms with Crippen LogP contribution in [-0.2, 0) is 17.1 Å². The number of aliphatic hydroxyl groups is 1. The zero-order valence-electron chi connectivity index (χ0n) is 10.0. The highest BCUT2D eigenvalue weighted by molar-refractivity contribution is 7.98. The molecule has 1 atom stereocenters. The Bertz CT molecular complexity index is 468. The first-order valence-electron chi connectivity index (χ1n) is 4.96. The van der Waals surface area contributed by atoms with E-state index in [-0.39, 0.29) is 11.6 Å². The first kappa shape index (κ1) is 14.5. The second kappa shape index (κ2) is 5.38. The summed E-state index contributed by atoms with van der Waals surface area (Å²) < 4.78 is 27.5. The molecule has 0 spiro atoms. The van der Waals surface area contributed by atoms with Crippen molar-refractivity contribution in [3.63, 3.8) is 0 Å². The molecule has 2 N–H and O–H groups in total. The van der Waals surface area contributed by atoms with Gasteiger partial charge in [-0.25, -0.2) is 18.1 Å². The Labute approximate surface area is 105 Å². The summed E-state index contributed by atoms with van der Waals surface area (Å²) in [4.78, 5) is 3.76. The standard InChI is InChI=1S/C9H17N3O3S2/c1-9(13,6-16-3)5-11-17(14,15)8-4-12(2)7-10-8/h4,7,11,13H,5-6H2,1-3H3. The van der Waals surface area contributed by atoms with Crippen LogP contribution in [0.15, 0.2) is 17.6 Å². The van der Waals surface area contributed by atoms with E-state index >= 15 is 0 Å². The van der Waals surface area contributed by atoms with E-state index in [2.05, 4.69) is 9.71 Å². The molecule has 0 saturated carbocycles. The van der Waals surface area contributed by atoms with Crippen LogP contribution < -0.4 is 4.72 Å². The molecule has 0 aliphatic rings.